The van der Waals surface area contributed by atoms with Crippen LogP contribution < -0.4 is 0 Å². The van der Waals surface area contributed by atoms with Gasteiger partial charge in [0.25, 0.3) is 0 Å². The van der Waals surface area contributed by atoms with E-state index >= 15 is 0 Å². The van der Waals surface area contributed by atoms with Crippen molar-refractivity contribution < 1.29 is 14.6 Å². The van der Waals surface area contributed by atoms with Gasteiger partial charge in [-0.15, -0.1) is 0 Å². The van der Waals surface area contributed by atoms with Crippen LogP contribution in [0.1, 0.15) is 92.4 Å². The summed E-state index contributed by atoms with van der Waals surface area (Å²) in [4.78, 5) is 12.3. The van der Waals surface area contributed by atoms with Crippen LogP contribution in [0.5, 0.6) is 0 Å². The Kier molecular flexibility index (Phi) is 10.8. The van der Waals surface area contributed by atoms with Gasteiger partial charge in [-0.2, -0.15) is 0 Å². The van der Waals surface area contributed by atoms with Crippen LogP contribution in [0.4, 0.5) is 0 Å². The second-order valence-corrected chi connectivity index (χ2v) is 7.05. The van der Waals surface area contributed by atoms with E-state index in [0.717, 1.165) is 38.5 Å². The standard InChI is InChI=1S/C18H36O3/c1-6-8-10-12-14-16(19)15(13-11-9-7-2)17(20)21-18(3,4)5/h15-16,19H,6-14H2,1-5H3/t15-,16-/m1/s1. The fraction of sp³-hybridized carbons (Fsp3) is 0.944. The minimum absolute atomic E-state index is 0.235. The number of hydrogen-bond acceptors (Lipinski definition) is 3. The molecule has 0 radical (unpaired) electrons. The highest BCUT2D eigenvalue weighted by molar-refractivity contribution is 5.73. The molecule has 0 bridgehead atoms. The summed E-state index contributed by atoms with van der Waals surface area (Å²) in [7, 11) is 0. The molecule has 126 valence electrons. The molecule has 0 unspecified atom stereocenters. The maximum absolute atomic E-state index is 12.3. The topological polar surface area (TPSA) is 46.5 Å². The second-order valence-electron chi connectivity index (χ2n) is 7.05. The quantitative estimate of drug-likeness (QED) is 0.438. The van der Waals surface area contributed by atoms with Gasteiger partial charge in [0, 0.05) is 0 Å². The summed E-state index contributed by atoms with van der Waals surface area (Å²) >= 11 is 0. The van der Waals surface area contributed by atoms with Crippen molar-refractivity contribution in [2.24, 2.45) is 5.92 Å². The maximum atomic E-state index is 12.3. The Hall–Kier alpha value is -0.570. The van der Waals surface area contributed by atoms with Gasteiger partial charge >= 0.3 is 5.97 Å². The van der Waals surface area contributed by atoms with Crippen molar-refractivity contribution in [1.29, 1.82) is 0 Å². The third-order valence-corrected chi connectivity index (χ3v) is 3.65. The molecular formula is C18H36O3. The molecule has 0 saturated heterocycles. The monoisotopic (exact) mass is 300 g/mol. The largest absolute Gasteiger partial charge is 0.460 e. The predicted molar refractivity (Wildman–Crippen MR) is 88.2 cm³/mol. The molecule has 1 N–H and O–H groups in total. The summed E-state index contributed by atoms with van der Waals surface area (Å²) < 4.78 is 5.48. The lowest BCUT2D eigenvalue weighted by atomic mass is 9.91. The molecule has 3 heteroatoms. The second kappa shape index (κ2) is 11.1. The van der Waals surface area contributed by atoms with E-state index < -0.39 is 11.7 Å². The van der Waals surface area contributed by atoms with Crippen molar-refractivity contribution in [2.45, 2.75) is 104 Å². The number of hydrogen-bond donors (Lipinski definition) is 1. The Balaban J connectivity index is 4.44. The Bertz CT molecular complexity index is 268. The van der Waals surface area contributed by atoms with Gasteiger partial charge in [0.2, 0.25) is 0 Å². The van der Waals surface area contributed by atoms with Gasteiger partial charge in [-0.05, 0) is 33.6 Å². The highest BCUT2D eigenvalue weighted by atomic mass is 16.6. The Morgan fingerprint density at radius 2 is 1.48 bits per heavy atom. The summed E-state index contributed by atoms with van der Waals surface area (Å²) in [6.45, 7) is 9.94. The molecule has 0 aromatic heterocycles. The van der Waals surface area contributed by atoms with E-state index in [9.17, 15) is 9.90 Å². The molecule has 21 heavy (non-hydrogen) atoms. The Labute approximate surface area is 131 Å². The SMILES string of the molecule is CCCCCC[C@@H](O)[C@@H](CCCCC)C(=O)OC(C)(C)C. The van der Waals surface area contributed by atoms with E-state index in [4.69, 9.17) is 4.74 Å². The van der Waals surface area contributed by atoms with Crippen molar-refractivity contribution in [3.8, 4) is 0 Å². The van der Waals surface area contributed by atoms with Crippen LogP contribution in [-0.2, 0) is 9.53 Å². The summed E-state index contributed by atoms with van der Waals surface area (Å²) in [5.41, 5.74) is -0.484. The lowest BCUT2D eigenvalue weighted by molar-refractivity contribution is -0.164. The van der Waals surface area contributed by atoms with E-state index in [-0.39, 0.29) is 11.9 Å². The van der Waals surface area contributed by atoms with Gasteiger partial charge < -0.3 is 9.84 Å². The fourth-order valence-corrected chi connectivity index (χ4v) is 2.44. The first-order chi connectivity index (χ1) is 9.81. The smallest absolute Gasteiger partial charge is 0.312 e. The van der Waals surface area contributed by atoms with E-state index in [1.807, 2.05) is 20.8 Å². The van der Waals surface area contributed by atoms with Crippen LogP contribution in [0, 0.1) is 5.92 Å². The van der Waals surface area contributed by atoms with Gasteiger partial charge in [-0.3, -0.25) is 4.79 Å². The molecule has 0 aromatic rings. The van der Waals surface area contributed by atoms with Gasteiger partial charge in [0.1, 0.15) is 5.60 Å². The van der Waals surface area contributed by atoms with Crippen molar-refractivity contribution in [2.75, 3.05) is 0 Å². The molecule has 0 spiro atoms. The predicted octanol–water partition coefficient (Wildman–Crippen LogP) is 4.86. The van der Waals surface area contributed by atoms with E-state index in [1.54, 1.807) is 0 Å². The molecule has 2 atom stereocenters. The summed E-state index contributed by atoms with van der Waals surface area (Å²) in [5.74, 6) is -0.598. The fourth-order valence-electron chi connectivity index (χ4n) is 2.44. The van der Waals surface area contributed by atoms with Crippen LogP contribution in [-0.4, -0.2) is 22.8 Å². The minimum atomic E-state index is -0.562. The van der Waals surface area contributed by atoms with Crippen LogP contribution in [0.3, 0.4) is 0 Å². The average molecular weight is 300 g/mol. The first kappa shape index (κ1) is 20.4. The normalized spacial score (nSPS) is 14.8. The highest BCUT2D eigenvalue weighted by Gasteiger charge is 2.30. The molecule has 3 nitrogen and oxygen atoms in total. The van der Waals surface area contributed by atoms with Crippen molar-refractivity contribution in [3.05, 3.63) is 0 Å². The highest BCUT2D eigenvalue weighted by Crippen LogP contribution is 2.23. The van der Waals surface area contributed by atoms with E-state index in [1.165, 1.54) is 12.8 Å². The number of ether oxygens (including phenoxy) is 1. The lowest BCUT2D eigenvalue weighted by Gasteiger charge is -2.27. The Morgan fingerprint density at radius 3 is 2.00 bits per heavy atom. The number of esters is 1. The zero-order valence-corrected chi connectivity index (χ0v) is 14.8. The molecule has 0 rings (SSSR count). The summed E-state index contributed by atoms with van der Waals surface area (Å²) in [6, 6.07) is 0. The number of aliphatic hydroxyl groups is 1. The third kappa shape index (κ3) is 10.8. The molecule has 0 saturated carbocycles. The van der Waals surface area contributed by atoms with Crippen LogP contribution in [0.2, 0.25) is 0 Å². The first-order valence-electron chi connectivity index (χ1n) is 8.72. The number of carbonyl (C=O) groups is 1. The molecule has 0 aromatic carbocycles. The van der Waals surface area contributed by atoms with Gasteiger partial charge in [-0.25, -0.2) is 0 Å². The summed E-state index contributed by atoms with van der Waals surface area (Å²) in [6.07, 6.45) is 8.57. The maximum Gasteiger partial charge on any atom is 0.312 e. The molecule has 0 amide bonds. The molecule has 0 aliphatic rings. The number of carbonyl (C=O) groups excluding carboxylic acids is 1. The molecule has 0 fully saturated rings. The zero-order valence-electron chi connectivity index (χ0n) is 14.8. The van der Waals surface area contributed by atoms with Crippen molar-refractivity contribution in [1.82, 2.24) is 0 Å². The number of aliphatic hydroxyl groups excluding tert-OH is 1. The third-order valence-electron chi connectivity index (χ3n) is 3.65. The van der Waals surface area contributed by atoms with E-state index in [2.05, 4.69) is 13.8 Å². The lowest BCUT2D eigenvalue weighted by Crippen LogP contribution is -2.35. The zero-order chi connectivity index (χ0) is 16.3. The minimum Gasteiger partial charge on any atom is -0.460 e. The average Bonchev–Trinajstić information content (AvgIpc) is 2.37. The van der Waals surface area contributed by atoms with Crippen LogP contribution >= 0.6 is 0 Å². The number of rotatable bonds is 11. The van der Waals surface area contributed by atoms with Crippen molar-refractivity contribution in [3.63, 3.8) is 0 Å². The molecular weight excluding hydrogens is 264 g/mol. The molecule has 0 aliphatic heterocycles. The van der Waals surface area contributed by atoms with Gasteiger partial charge in [0.05, 0.1) is 12.0 Å². The van der Waals surface area contributed by atoms with Gasteiger partial charge in [0.15, 0.2) is 0 Å². The van der Waals surface area contributed by atoms with Gasteiger partial charge in [-0.1, -0.05) is 58.8 Å². The van der Waals surface area contributed by atoms with Crippen LogP contribution in [0.25, 0.3) is 0 Å². The van der Waals surface area contributed by atoms with E-state index in [0.29, 0.717) is 6.42 Å². The summed E-state index contributed by atoms with van der Waals surface area (Å²) in [5, 5.41) is 10.4. The van der Waals surface area contributed by atoms with Crippen LogP contribution in [0.15, 0.2) is 0 Å². The number of unbranched alkanes of at least 4 members (excludes halogenated alkanes) is 5. The molecule has 0 heterocycles. The van der Waals surface area contributed by atoms with Crippen molar-refractivity contribution >= 4 is 5.97 Å². The molecule has 0 aliphatic carbocycles. The first-order valence-corrected chi connectivity index (χ1v) is 8.72. The Morgan fingerprint density at radius 1 is 0.952 bits per heavy atom.